The predicted octanol–water partition coefficient (Wildman–Crippen LogP) is 2.91. The van der Waals surface area contributed by atoms with E-state index in [0.717, 1.165) is 44.1 Å². The third-order valence-corrected chi connectivity index (χ3v) is 5.01. The molecule has 1 saturated heterocycles. The minimum absolute atomic E-state index is 0. The molecule has 28 heavy (non-hydrogen) atoms. The van der Waals surface area contributed by atoms with Gasteiger partial charge in [0, 0.05) is 32.2 Å². The molecule has 4 N–H and O–H groups in total. The van der Waals surface area contributed by atoms with Crippen LogP contribution in [-0.2, 0) is 0 Å². The second kappa shape index (κ2) is 12.7. The summed E-state index contributed by atoms with van der Waals surface area (Å²) >= 11 is 0. The Morgan fingerprint density at radius 1 is 1.32 bits per heavy atom. The van der Waals surface area contributed by atoms with Crippen molar-refractivity contribution in [2.75, 3.05) is 33.3 Å². The number of primary amides is 1. The standard InChI is InChI=1S/C20H33N5O2.HI/c1-4-22-20(24-17-10-13-25(14-11-17)19(21)26)23-12-9-15(2)16-5-7-18(27-3)8-6-16;/h5-8,15,17H,4,9-14H2,1-3H3,(H2,21,26)(H2,22,23,24);1H. The van der Waals surface area contributed by atoms with E-state index in [4.69, 9.17) is 15.5 Å². The number of carbonyl (C=O) groups excluding carboxylic acids is 1. The molecule has 0 radical (unpaired) electrons. The first kappa shape index (κ1) is 24.3. The number of hydrogen-bond acceptors (Lipinski definition) is 3. The van der Waals surface area contributed by atoms with Gasteiger partial charge in [-0.2, -0.15) is 0 Å². The van der Waals surface area contributed by atoms with Crippen LogP contribution in [-0.4, -0.2) is 56.2 Å². The van der Waals surface area contributed by atoms with Crippen molar-refractivity contribution in [3.63, 3.8) is 0 Å². The highest BCUT2D eigenvalue weighted by Gasteiger charge is 2.21. The highest BCUT2D eigenvalue weighted by Crippen LogP contribution is 2.21. The molecule has 1 aromatic carbocycles. The number of nitrogens with one attached hydrogen (secondary N) is 2. The van der Waals surface area contributed by atoms with Gasteiger partial charge in [-0.05, 0) is 49.8 Å². The van der Waals surface area contributed by atoms with E-state index in [9.17, 15) is 4.79 Å². The third-order valence-electron chi connectivity index (χ3n) is 5.01. The van der Waals surface area contributed by atoms with E-state index < -0.39 is 0 Å². The lowest BCUT2D eigenvalue weighted by molar-refractivity contribution is 0.188. The number of rotatable bonds is 7. The minimum atomic E-state index is -0.332. The number of nitrogens with zero attached hydrogens (tertiary/aromatic N) is 2. The molecule has 1 aliphatic heterocycles. The van der Waals surface area contributed by atoms with Gasteiger partial charge in [-0.1, -0.05) is 19.1 Å². The molecule has 1 unspecified atom stereocenters. The molecule has 1 fully saturated rings. The fourth-order valence-electron chi connectivity index (χ4n) is 3.23. The minimum Gasteiger partial charge on any atom is -0.497 e. The first-order chi connectivity index (χ1) is 13.0. The molecule has 158 valence electrons. The number of urea groups is 1. The van der Waals surface area contributed by atoms with E-state index in [1.165, 1.54) is 5.56 Å². The average molecular weight is 503 g/mol. The van der Waals surface area contributed by atoms with Crippen LogP contribution in [0.3, 0.4) is 0 Å². The Hall–Kier alpha value is -1.71. The number of likely N-dealkylation sites (tertiary alicyclic amines) is 1. The molecular formula is C20H34IN5O2. The number of carbonyl (C=O) groups is 1. The monoisotopic (exact) mass is 503 g/mol. The molecular weight excluding hydrogens is 469 g/mol. The number of guanidine groups is 1. The molecule has 1 atom stereocenters. The lowest BCUT2D eigenvalue weighted by Crippen LogP contribution is -2.50. The quantitative estimate of drug-likeness (QED) is 0.303. The van der Waals surface area contributed by atoms with Gasteiger partial charge in [0.25, 0.3) is 0 Å². The van der Waals surface area contributed by atoms with Gasteiger partial charge in [-0.15, -0.1) is 24.0 Å². The van der Waals surface area contributed by atoms with Crippen molar-refractivity contribution in [3.05, 3.63) is 29.8 Å². The van der Waals surface area contributed by atoms with E-state index in [1.54, 1.807) is 12.0 Å². The molecule has 1 aromatic rings. The van der Waals surface area contributed by atoms with Gasteiger partial charge in [-0.25, -0.2) is 4.79 Å². The van der Waals surface area contributed by atoms with Crippen molar-refractivity contribution in [1.29, 1.82) is 0 Å². The molecule has 1 aliphatic rings. The highest BCUT2D eigenvalue weighted by molar-refractivity contribution is 14.0. The van der Waals surface area contributed by atoms with Crippen molar-refractivity contribution < 1.29 is 9.53 Å². The molecule has 8 heteroatoms. The summed E-state index contributed by atoms with van der Waals surface area (Å²) in [5.74, 6) is 2.16. The van der Waals surface area contributed by atoms with Crippen LogP contribution in [0.25, 0.3) is 0 Å². The van der Waals surface area contributed by atoms with Gasteiger partial charge in [0.15, 0.2) is 5.96 Å². The number of nitrogens with two attached hydrogens (primary N) is 1. The molecule has 1 heterocycles. The highest BCUT2D eigenvalue weighted by atomic mass is 127. The number of ether oxygens (including phenoxy) is 1. The zero-order valence-electron chi connectivity index (χ0n) is 17.1. The Balaban J connectivity index is 0.00000392. The number of benzene rings is 1. The van der Waals surface area contributed by atoms with Crippen LogP contribution in [0.5, 0.6) is 5.75 Å². The van der Waals surface area contributed by atoms with Gasteiger partial charge in [0.05, 0.1) is 7.11 Å². The summed E-state index contributed by atoms with van der Waals surface area (Å²) in [5.41, 5.74) is 6.64. The normalized spacial score (nSPS) is 16.1. The summed E-state index contributed by atoms with van der Waals surface area (Å²) in [7, 11) is 1.68. The Morgan fingerprint density at radius 3 is 2.50 bits per heavy atom. The second-order valence-corrected chi connectivity index (χ2v) is 6.97. The summed E-state index contributed by atoms with van der Waals surface area (Å²) in [5, 5.41) is 6.80. The zero-order chi connectivity index (χ0) is 19.6. The van der Waals surface area contributed by atoms with Crippen molar-refractivity contribution in [3.8, 4) is 5.75 Å². The molecule has 0 aliphatic carbocycles. The van der Waals surface area contributed by atoms with E-state index in [-0.39, 0.29) is 30.0 Å². The van der Waals surface area contributed by atoms with Gasteiger partial charge in [0.2, 0.25) is 0 Å². The third kappa shape index (κ3) is 7.73. The van der Waals surface area contributed by atoms with Gasteiger partial charge in [-0.3, -0.25) is 4.99 Å². The largest absolute Gasteiger partial charge is 0.497 e. The number of amides is 2. The Morgan fingerprint density at radius 2 is 1.96 bits per heavy atom. The maximum atomic E-state index is 11.2. The summed E-state index contributed by atoms with van der Waals surface area (Å²) in [6, 6.07) is 8.21. The van der Waals surface area contributed by atoms with Crippen LogP contribution in [0.2, 0.25) is 0 Å². The van der Waals surface area contributed by atoms with Crippen LogP contribution >= 0.6 is 24.0 Å². The Labute approximate surface area is 185 Å². The molecule has 7 nitrogen and oxygen atoms in total. The van der Waals surface area contributed by atoms with Crippen molar-refractivity contribution >= 4 is 36.0 Å². The van der Waals surface area contributed by atoms with E-state index in [1.807, 2.05) is 12.1 Å². The Bertz CT molecular complexity index is 616. The summed E-state index contributed by atoms with van der Waals surface area (Å²) in [4.78, 5) is 17.6. The Kier molecular flexibility index (Phi) is 11.0. The summed E-state index contributed by atoms with van der Waals surface area (Å²) in [6.45, 7) is 7.24. The van der Waals surface area contributed by atoms with Gasteiger partial charge >= 0.3 is 6.03 Å². The fraction of sp³-hybridized carbons (Fsp3) is 0.600. The van der Waals surface area contributed by atoms with Crippen molar-refractivity contribution in [2.24, 2.45) is 10.7 Å². The predicted molar refractivity (Wildman–Crippen MR) is 125 cm³/mol. The fourth-order valence-corrected chi connectivity index (χ4v) is 3.23. The second-order valence-electron chi connectivity index (χ2n) is 6.97. The first-order valence-corrected chi connectivity index (χ1v) is 9.76. The van der Waals surface area contributed by atoms with Crippen LogP contribution in [0, 0.1) is 0 Å². The van der Waals surface area contributed by atoms with E-state index in [0.29, 0.717) is 25.0 Å². The van der Waals surface area contributed by atoms with E-state index >= 15 is 0 Å². The van der Waals surface area contributed by atoms with Crippen LogP contribution in [0.4, 0.5) is 4.79 Å². The summed E-state index contributed by atoms with van der Waals surface area (Å²) in [6.07, 6.45) is 2.74. The number of aliphatic imine (C=N–C) groups is 1. The number of piperidine rings is 1. The lowest BCUT2D eigenvalue weighted by atomic mass is 9.98. The SMILES string of the molecule is CCNC(=NCCC(C)c1ccc(OC)cc1)NC1CCN(C(N)=O)CC1.I. The lowest BCUT2D eigenvalue weighted by Gasteiger charge is -2.32. The van der Waals surface area contributed by atoms with Gasteiger partial charge < -0.3 is 26.0 Å². The molecule has 0 spiro atoms. The maximum Gasteiger partial charge on any atom is 0.314 e. The average Bonchev–Trinajstić information content (AvgIpc) is 2.68. The van der Waals surface area contributed by atoms with Crippen LogP contribution in [0.1, 0.15) is 44.6 Å². The molecule has 2 amide bonds. The van der Waals surface area contributed by atoms with Crippen LogP contribution in [0.15, 0.2) is 29.3 Å². The van der Waals surface area contributed by atoms with E-state index in [2.05, 4.69) is 36.6 Å². The number of methoxy groups -OCH3 is 1. The van der Waals surface area contributed by atoms with Crippen molar-refractivity contribution in [1.82, 2.24) is 15.5 Å². The molecule has 0 bridgehead atoms. The van der Waals surface area contributed by atoms with Crippen molar-refractivity contribution in [2.45, 2.75) is 45.1 Å². The smallest absolute Gasteiger partial charge is 0.314 e. The van der Waals surface area contributed by atoms with Gasteiger partial charge in [0.1, 0.15) is 5.75 Å². The number of halogens is 1. The summed E-state index contributed by atoms with van der Waals surface area (Å²) < 4.78 is 5.21. The zero-order valence-corrected chi connectivity index (χ0v) is 19.4. The van der Waals surface area contributed by atoms with Crippen LogP contribution < -0.4 is 21.1 Å². The molecule has 2 rings (SSSR count). The number of hydrogen-bond donors (Lipinski definition) is 3. The maximum absolute atomic E-state index is 11.2. The topological polar surface area (TPSA) is 92.0 Å². The molecule has 0 saturated carbocycles. The molecule has 0 aromatic heterocycles. The first-order valence-electron chi connectivity index (χ1n) is 9.76.